The number of carbonyl (C=O) groups is 1. The normalized spacial score (nSPS) is 11.1. The van der Waals surface area contributed by atoms with Crippen LogP contribution in [0.15, 0.2) is 54.6 Å². The molecule has 22 heavy (non-hydrogen) atoms. The second-order valence-electron chi connectivity index (χ2n) is 4.58. The number of carbonyl (C=O) groups excluding carboxylic acids is 1. The highest BCUT2D eigenvalue weighted by Gasteiger charge is 2.02. The molecule has 0 amide bonds. The van der Waals surface area contributed by atoms with Gasteiger partial charge in [-0.3, -0.25) is 0 Å². The van der Waals surface area contributed by atoms with Gasteiger partial charge in [0.15, 0.2) is 11.5 Å². The van der Waals surface area contributed by atoms with Crippen LogP contribution in [0.1, 0.15) is 21.5 Å². The summed E-state index contributed by atoms with van der Waals surface area (Å²) in [6, 6.07) is 11.7. The Labute approximate surface area is 128 Å². The van der Waals surface area contributed by atoms with E-state index in [1.165, 1.54) is 19.2 Å². The van der Waals surface area contributed by atoms with Crippen LogP contribution in [0.3, 0.4) is 0 Å². The van der Waals surface area contributed by atoms with Crippen molar-refractivity contribution in [1.29, 1.82) is 0 Å². The van der Waals surface area contributed by atoms with E-state index in [2.05, 4.69) is 4.74 Å². The van der Waals surface area contributed by atoms with Gasteiger partial charge in [0.1, 0.15) is 0 Å². The average molecular weight is 296 g/mol. The number of allylic oxidation sites excluding steroid dienone is 2. The van der Waals surface area contributed by atoms with Crippen LogP contribution >= 0.6 is 0 Å². The van der Waals surface area contributed by atoms with Crippen LogP contribution in [-0.4, -0.2) is 23.3 Å². The van der Waals surface area contributed by atoms with Crippen molar-refractivity contribution >= 4 is 18.1 Å². The minimum absolute atomic E-state index is 0.140. The van der Waals surface area contributed by atoms with Crippen LogP contribution in [0.25, 0.3) is 12.2 Å². The Morgan fingerprint density at radius 3 is 2.09 bits per heavy atom. The second-order valence-corrected chi connectivity index (χ2v) is 4.58. The molecule has 0 radical (unpaired) electrons. The van der Waals surface area contributed by atoms with E-state index in [9.17, 15) is 15.0 Å². The van der Waals surface area contributed by atoms with Gasteiger partial charge in [-0.2, -0.15) is 0 Å². The fourth-order valence-corrected chi connectivity index (χ4v) is 1.83. The second kappa shape index (κ2) is 7.13. The number of esters is 1. The standard InChI is InChI=1S/C18H16O4/c1-22-18(21)15-9-6-13(7-10-15)4-2-3-5-14-8-11-16(19)17(20)12-14/h2-12,19-20H,1H3/b4-2+,5-3+. The van der Waals surface area contributed by atoms with Crippen molar-refractivity contribution in [1.82, 2.24) is 0 Å². The van der Waals surface area contributed by atoms with E-state index >= 15 is 0 Å². The molecule has 4 heteroatoms. The van der Waals surface area contributed by atoms with E-state index in [4.69, 9.17) is 0 Å². The number of hydrogen-bond acceptors (Lipinski definition) is 4. The highest BCUT2D eigenvalue weighted by Crippen LogP contribution is 2.25. The molecule has 0 aliphatic carbocycles. The Kier molecular flexibility index (Phi) is 4.98. The third kappa shape index (κ3) is 3.99. The Morgan fingerprint density at radius 1 is 0.909 bits per heavy atom. The topological polar surface area (TPSA) is 66.8 Å². The van der Waals surface area contributed by atoms with Gasteiger partial charge in [0.25, 0.3) is 0 Å². The Balaban J connectivity index is 2.01. The Bertz CT molecular complexity index is 712. The third-order valence-corrected chi connectivity index (χ3v) is 3.02. The molecule has 0 aliphatic heterocycles. The molecule has 0 fully saturated rings. The molecule has 0 bridgehead atoms. The van der Waals surface area contributed by atoms with Gasteiger partial charge in [0.05, 0.1) is 12.7 Å². The molecule has 0 unspecified atom stereocenters. The zero-order valence-electron chi connectivity index (χ0n) is 12.1. The molecule has 0 heterocycles. The number of ether oxygens (including phenoxy) is 1. The monoisotopic (exact) mass is 296 g/mol. The lowest BCUT2D eigenvalue weighted by Crippen LogP contribution is -2.00. The van der Waals surface area contributed by atoms with Crippen molar-refractivity contribution in [2.45, 2.75) is 0 Å². The number of methoxy groups -OCH3 is 1. The molecule has 0 saturated carbocycles. The molecule has 4 nitrogen and oxygen atoms in total. The van der Waals surface area contributed by atoms with Crippen molar-refractivity contribution in [2.75, 3.05) is 7.11 Å². The minimum atomic E-state index is -0.359. The predicted molar refractivity (Wildman–Crippen MR) is 85.6 cm³/mol. The molecule has 2 N–H and O–H groups in total. The molecule has 0 aliphatic rings. The van der Waals surface area contributed by atoms with Crippen molar-refractivity contribution < 1.29 is 19.7 Å². The van der Waals surface area contributed by atoms with Crippen LogP contribution in [0.2, 0.25) is 0 Å². The van der Waals surface area contributed by atoms with Gasteiger partial charge in [0.2, 0.25) is 0 Å². The van der Waals surface area contributed by atoms with Crippen molar-refractivity contribution in [2.24, 2.45) is 0 Å². The molecular weight excluding hydrogens is 280 g/mol. The number of phenols is 2. The van der Waals surface area contributed by atoms with Crippen LogP contribution in [0, 0.1) is 0 Å². The van der Waals surface area contributed by atoms with Crippen molar-refractivity contribution in [3.8, 4) is 11.5 Å². The molecule has 0 saturated heterocycles. The van der Waals surface area contributed by atoms with Crippen molar-refractivity contribution in [3.05, 3.63) is 71.3 Å². The van der Waals surface area contributed by atoms with Gasteiger partial charge in [-0.25, -0.2) is 4.79 Å². The molecule has 2 aromatic carbocycles. The number of benzene rings is 2. The summed E-state index contributed by atoms with van der Waals surface area (Å²) in [5.41, 5.74) is 2.24. The van der Waals surface area contributed by atoms with Gasteiger partial charge in [-0.15, -0.1) is 0 Å². The SMILES string of the molecule is COC(=O)c1ccc(/C=C/C=C/c2ccc(O)c(O)c2)cc1. The van der Waals surface area contributed by atoms with Gasteiger partial charge in [0, 0.05) is 0 Å². The van der Waals surface area contributed by atoms with Crippen LogP contribution < -0.4 is 0 Å². The summed E-state index contributed by atoms with van der Waals surface area (Å²) in [5, 5.41) is 18.6. The first kappa shape index (κ1) is 15.4. The number of hydrogen-bond donors (Lipinski definition) is 2. The maximum atomic E-state index is 11.3. The number of aromatic hydroxyl groups is 2. The van der Waals surface area contributed by atoms with Gasteiger partial charge >= 0.3 is 5.97 Å². The smallest absolute Gasteiger partial charge is 0.337 e. The predicted octanol–water partition coefficient (Wildman–Crippen LogP) is 3.61. The number of rotatable bonds is 4. The number of phenolic OH excluding ortho intramolecular Hbond substituents is 2. The van der Waals surface area contributed by atoms with Crippen LogP contribution in [0.4, 0.5) is 0 Å². The van der Waals surface area contributed by atoms with Gasteiger partial charge < -0.3 is 14.9 Å². The maximum Gasteiger partial charge on any atom is 0.337 e. The van der Waals surface area contributed by atoms with E-state index in [1.54, 1.807) is 24.3 Å². The maximum absolute atomic E-state index is 11.3. The summed E-state index contributed by atoms with van der Waals surface area (Å²) < 4.78 is 4.64. The summed E-state index contributed by atoms with van der Waals surface area (Å²) in [7, 11) is 1.35. The summed E-state index contributed by atoms with van der Waals surface area (Å²) in [6.45, 7) is 0. The lowest BCUT2D eigenvalue weighted by atomic mass is 10.1. The highest BCUT2D eigenvalue weighted by molar-refractivity contribution is 5.89. The molecule has 2 aromatic rings. The quantitative estimate of drug-likeness (QED) is 0.514. The van der Waals surface area contributed by atoms with Crippen LogP contribution in [-0.2, 0) is 4.74 Å². The third-order valence-electron chi connectivity index (χ3n) is 3.02. The molecule has 0 aromatic heterocycles. The summed E-state index contributed by atoms with van der Waals surface area (Å²) in [4.78, 5) is 11.3. The first-order valence-electron chi connectivity index (χ1n) is 6.65. The fraction of sp³-hybridized carbons (Fsp3) is 0.0556. The Morgan fingerprint density at radius 2 is 1.50 bits per heavy atom. The van der Waals surface area contributed by atoms with E-state index in [0.717, 1.165) is 11.1 Å². The summed E-state index contributed by atoms with van der Waals surface area (Å²) in [5.74, 6) is -0.648. The van der Waals surface area contributed by atoms with Gasteiger partial charge in [-0.05, 0) is 35.4 Å². The first-order valence-corrected chi connectivity index (χ1v) is 6.65. The largest absolute Gasteiger partial charge is 0.504 e. The Hall–Kier alpha value is -3.01. The van der Waals surface area contributed by atoms with E-state index in [-0.39, 0.29) is 17.5 Å². The first-order chi connectivity index (χ1) is 10.6. The molecule has 0 spiro atoms. The zero-order chi connectivity index (χ0) is 15.9. The molecule has 112 valence electrons. The van der Waals surface area contributed by atoms with E-state index in [0.29, 0.717) is 5.56 Å². The van der Waals surface area contributed by atoms with Gasteiger partial charge in [-0.1, -0.05) is 42.5 Å². The van der Waals surface area contributed by atoms with E-state index in [1.807, 2.05) is 30.4 Å². The lowest BCUT2D eigenvalue weighted by Gasteiger charge is -1.99. The zero-order valence-corrected chi connectivity index (χ0v) is 12.1. The highest BCUT2D eigenvalue weighted by atomic mass is 16.5. The molecule has 0 atom stereocenters. The van der Waals surface area contributed by atoms with Crippen molar-refractivity contribution in [3.63, 3.8) is 0 Å². The summed E-state index contributed by atoms with van der Waals surface area (Å²) >= 11 is 0. The lowest BCUT2D eigenvalue weighted by molar-refractivity contribution is 0.0600. The van der Waals surface area contributed by atoms with E-state index < -0.39 is 0 Å². The summed E-state index contributed by atoms with van der Waals surface area (Å²) in [6.07, 6.45) is 7.35. The molecular formula is C18H16O4. The van der Waals surface area contributed by atoms with Crippen LogP contribution in [0.5, 0.6) is 11.5 Å². The minimum Gasteiger partial charge on any atom is -0.504 e. The average Bonchev–Trinajstić information content (AvgIpc) is 2.54. The fourth-order valence-electron chi connectivity index (χ4n) is 1.83. The molecule has 2 rings (SSSR count).